The van der Waals surface area contributed by atoms with E-state index in [4.69, 9.17) is 28.8 Å². The molecule has 6 N–H and O–H groups in total. The standard InChI is InChI=1S/C7H8ClN3O.2ClH/c8-3-1-4(7(11)12)6(10)5(9)2-3;;/h1-2H,9-10H2,(H2,11,12);2*1H. The van der Waals surface area contributed by atoms with E-state index in [-0.39, 0.29) is 41.8 Å². The normalized spacial score (nSPS) is 8.36. The van der Waals surface area contributed by atoms with Gasteiger partial charge < -0.3 is 17.2 Å². The molecule has 0 aliphatic heterocycles. The Hall–Kier alpha value is -0.840. The van der Waals surface area contributed by atoms with Crippen LogP contribution in [0.5, 0.6) is 0 Å². The van der Waals surface area contributed by atoms with Crippen molar-refractivity contribution in [3.8, 4) is 0 Å². The summed E-state index contributed by atoms with van der Waals surface area (Å²) in [6, 6.07) is 2.85. The number of benzene rings is 1. The van der Waals surface area contributed by atoms with E-state index in [1.165, 1.54) is 12.1 Å². The van der Waals surface area contributed by atoms with Crippen LogP contribution in [-0.2, 0) is 0 Å². The first-order valence-electron chi connectivity index (χ1n) is 3.16. The lowest BCUT2D eigenvalue weighted by molar-refractivity contribution is 0.100. The van der Waals surface area contributed by atoms with Gasteiger partial charge in [-0.25, -0.2) is 0 Å². The summed E-state index contributed by atoms with van der Waals surface area (Å²) >= 11 is 5.62. The van der Waals surface area contributed by atoms with Gasteiger partial charge in [-0.1, -0.05) is 11.6 Å². The van der Waals surface area contributed by atoms with Crippen molar-refractivity contribution in [2.75, 3.05) is 11.5 Å². The molecule has 0 atom stereocenters. The lowest BCUT2D eigenvalue weighted by Crippen LogP contribution is -2.14. The number of hydrogen-bond acceptors (Lipinski definition) is 3. The van der Waals surface area contributed by atoms with Gasteiger partial charge in [0.15, 0.2) is 0 Å². The van der Waals surface area contributed by atoms with Crippen molar-refractivity contribution in [2.24, 2.45) is 5.73 Å². The smallest absolute Gasteiger partial charge is 0.250 e. The van der Waals surface area contributed by atoms with Crippen LogP contribution in [0.25, 0.3) is 0 Å². The Bertz CT molecular complexity index is 343. The predicted octanol–water partition coefficient (Wildman–Crippen LogP) is 1.45. The van der Waals surface area contributed by atoms with E-state index in [1.807, 2.05) is 0 Å². The lowest BCUT2D eigenvalue weighted by Gasteiger charge is -2.04. The summed E-state index contributed by atoms with van der Waals surface area (Å²) in [7, 11) is 0. The third-order valence-electron chi connectivity index (χ3n) is 1.44. The first-order valence-corrected chi connectivity index (χ1v) is 3.54. The molecule has 1 amide bonds. The Kier molecular flexibility index (Phi) is 6.47. The largest absolute Gasteiger partial charge is 0.397 e. The molecule has 0 saturated heterocycles. The molecular formula is C7H10Cl3N3O. The maximum Gasteiger partial charge on any atom is 0.250 e. The van der Waals surface area contributed by atoms with Gasteiger partial charge in [-0.2, -0.15) is 0 Å². The number of hydrogen-bond donors (Lipinski definition) is 3. The van der Waals surface area contributed by atoms with Crippen molar-refractivity contribution in [1.82, 2.24) is 0 Å². The highest BCUT2D eigenvalue weighted by atomic mass is 35.5. The molecular weight excluding hydrogens is 248 g/mol. The molecule has 80 valence electrons. The summed E-state index contributed by atoms with van der Waals surface area (Å²) in [5, 5.41) is 0.343. The Balaban J connectivity index is 0. The fourth-order valence-corrected chi connectivity index (χ4v) is 1.07. The molecule has 0 aliphatic rings. The van der Waals surface area contributed by atoms with E-state index < -0.39 is 5.91 Å². The summed E-state index contributed by atoms with van der Waals surface area (Å²) in [5.74, 6) is -0.637. The Morgan fingerprint density at radius 1 is 1.21 bits per heavy atom. The molecule has 0 saturated carbocycles. The van der Waals surface area contributed by atoms with Crippen LogP contribution in [0.15, 0.2) is 12.1 Å². The molecule has 0 aromatic heterocycles. The minimum absolute atomic E-state index is 0. The topological polar surface area (TPSA) is 95.1 Å². The zero-order valence-electron chi connectivity index (χ0n) is 6.99. The maximum atomic E-state index is 10.8. The zero-order chi connectivity index (χ0) is 9.30. The molecule has 1 rings (SSSR count). The average molecular weight is 259 g/mol. The second kappa shape index (κ2) is 5.80. The molecule has 4 nitrogen and oxygen atoms in total. The molecule has 0 heterocycles. The van der Waals surface area contributed by atoms with Crippen LogP contribution in [0.4, 0.5) is 11.4 Å². The van der Waals surface area contributed by atoms with E-state index >= 15 is 0 Å². The average Bonchev–Trinajstić information content (AvgIpc) is 1.96. The highest BCUT2D eigenvalue weighted by Crippen LogP contribution is 2.24. The Labute approximate surface area is 98.6 Å². The molecule has 7 heteroatoms. The number of carbonyl (C=O) groups is 1. The number of primary amides is 1. The minimum atomic E-state index is -0.637. The van der Waals surface area contributed by atoms with Gasteiger partial charge in [0.1, 0.15) is 0 Å². The second-order valence-corrected chi connectivity index (χ2v) is 2.76. The first kappa shape index (κ1) is 15.6. The van der Waals surface area contributed by atoms with Gasteiger partial charge in [-0.15, -0.1) is 24.8 Å². The molecule has 0 fully saturated rings. The van der Waals surface area contributed by atoms with Gasteiger partial charge in [0.05, 0.1) is 16.9 Å². The Morgan fingerprint density at radius 2 is 1.71 bits per heavy atom. The van der Waals surface area contributed by atoms with Crippen molar-refractivity contribution < 1.29 is 4.79 Å². The van der Waals surface area contributed by atoms with E-state index in [0.29, 0.717) is 5.02 Å². The van der Waals surface area contributed by atoms with Gasteiger partial charge in [-0.05, 0) is 12.1 Å². The van der Waals surface area contributed by atoms with Crippen LogP contribution in [0.1, 0.15) is 10.4 Å². The van der Waals surface area contributed by atoms with Crippen LogP contribution in [-0.4, -0.2) is 5.91 Å². The summed E-state index contributed by atoms with van der Waals surface area (Å²) < 4.78 is 0. The zero-order valence-corrected chi connectivity index (χ0v) is 9.38. The van der Waals surface area contributed by atoms with Crippen molar-refractivity contribution in [3.63, 3.8) is 0 Å². The first-order chi connectivity index (χ1) is 5.52. The summed E-state index contributed by atoms with van der Waals surface area (Å²) in [6.45, 7) is 0. The summed E-state index contributed by atoms with van der Waals surface area (Å²) in [6.07, 6.45) is 0. The summed E-state index contributed by atoms with van der Waals surface area (Å²) in [4.78, 5) is 10.8. The van der Waals surface area contributed by atoms with Crippen LogP contribution >= 0.6 is 36.4 Å². The van der Waals surface area contributed by atoms with Crippen molar-refractivity contribution >= 4 is 53.7 Å². The van der Waals surface area contributed by atoms with E-state index in [9.17, 15) is 4.79 Å². The van der Waals surface area contributed by atoms with Crippen molar-refractivity contribution in [3.05, 3.63) is 22.7 Å². The highest BCUT2D eigenvalue weighted by Gasteiger charge is 2.09. The van der Waals surface area contributed by atoms with Crippen LogP contribution in [0, 0.1) is 0 Å². The van der Waals surface area contributed by atoms with E-state index in [2.05, 4.69) is 0 Å². The minimum Gasteiger partial charge on any atom is -0.397 e. The monoisotopic (exact) mass is 257 g/mol. The highest BCUT2D eigenvalue weighted by molar-refractivity contribution is 6.31. The molecule has 1 aromatic rings. The third-order valence-corrected chi connectivity index (χ3v) is 1.66. The molecule has 0 spiro atoms. The van der Waals surface area contributed by atoms with Gasteiger partial charge in [0, 0.05) is 5.02 Å². The van der Waals surface area contributed by atoms with Crippen molar-refractivity contribution in [1.29, 1.82) is 0 Å². The SMILES string of the molecule is Cl.Cl.NC(=O)c1cc(Cl)cc(N)c1N. The number of nitrogens with two attached hydrogens (primary N) is 3. The van der Waals surface area contributed by atoms with Crippen LogP contribution in [0.3, 0.4) is 0 Å². The molecule has 14 heavy (non-hydrogen) atoms. The Morgan fingerprint density at radius 3 is 2.14 bits per heavy atom. The fraction of sp³-hybridized carbons (Fsp3) is 0. The predicted molar refractivity (Wildman–Crippen MR) is 63.3 cm³/mol. The van der Waals surface area contributed by atoms with Gasteiger partial charge in [0.25, 0.3) is 5.91 Å². The number of halogens is 3. The summed E-state index contributed by atoms with van der Waals surface area (Å²) in [5.41, 5.74) is 16.5. The van der Waals surface area contributed by atoms with Crippen LogP contribution in [0.2, 0.25) is 5.02 Å². The lowest BCUT2D eigenvalue weighted by atomic mass is 10.1. The molecule has 0 radical (unpaired) electrons. The van der Waals surface area contributed by atoms with Crippen LogP contribution < -0.4 is 17.2 Å². The number of amides is 1. The third kappa shape index (κ3) is 3.14. The molecule has 0 bridgehead atoms. The number of carbonyl (C=O) groups excluding carboxylic acids is 1. The van der Waals surface area contributed by atoms with E-state index in [1.54, 1.807) is 0 Å². The molecule has 1 aromatic carbocycles. The fourth-order valence-electron chi connectivity index (χ4n) is 0.843. The number of rotatable bonds is 1. The van der Waals surface area contributed by atoms with Crippen molar-refractivity contribution in [2.45, 2.75) is 0 Å². The quantitative estimate of drug-likeness (QED) is 0.665. The second-order valence-electron chi connectivity index (χ2n) is 2.32. The van der Waals surface area contributed by atoms with Gasteiger partial charge in [0.2, 0.25) is 0 Å². The number of nitrogen functional groups attached to an aromatic ring is 2. The number of anilines is 2. The van der Waals surface area contributed by atoms with E-state index in [0.717, 1.165) is 0 Å². The van der Waals surface area contributed by atoms with Gasteiger partial charge >= 0.3 is 0 Å². The van der Waals surface area contributed by atoms with Gasteiger partial charge in [-0.3, -0.25) is 4.79 Å². The molecule has 0 aliphatic carbocycles. The molecule has 0 unspecified atom stereocenters. The maximum absolute atomic E-state index is 10.8.